The van der Waals surface area contributed by atoms with Crippen molar-refractivity contribution in [3.8, 4) is 0 Å². The van der Waals surface area contributed by atoms with Crippen LogP contribution in [-0.2, 0) is 4.79 Å². The molecule has 1 fully saturated rings. The van der Waals surface area contributed by atoms with Gasteiger partial charge in [0, 0.05) is 18.4 Å². The highest BCUT2D eigenvalue weighted by atomic mass is 16.3. The molecule has 1 amide bonds. The second-order valence-corrected chi connectivity index (χ2v) is 9.90. The fourth-order valence-electron chi connectivity index (χ4n) is 4.96. The van der Waals surface area contributed by atoms with Gasteiger partial charge in [0.15, 0.2) is 0 Å². The topological polar surface area (TPSA) is 69.6 Å². The maximum absolute atomic E-state index is 11.7. The fraction of sp³-hybridized carbons (Fsp3) is 0.800. The monoisotopic (exact) mass is 405 g/mol. The van der Waals surface area contributed by atoms with Crippen LogP contribution in [0.3, 0.4) is 0 Å². The highest BCUT2D eigenvalue weighted by Gasteiger charge is 2.43. The molecule has 166 valence electrons. The fourth-order valence-corrected chi connectivity index (χ4v) is 4.96. The third kappa shape index (κ3) is 7.90. The quantitative estimate of drug-likeness (QED) is 0.319. The Labute approximate surface area is 177 Å². The molecule has 0 unspecified atom stereocenters. The average molecular weight is 406 g/mol. The first kappa shape index (κ1) is 24.1. The summed E-state index contributed by atoms with van der Waals surface area (Å²) in [5.41, 5.74) is 0.862. The predicted octanol–water partition coefficient (Wildman–Crippen LogP) is 4.90. The molecule has 0 aromatic carbocycles. The highest BCUT2D eigenvalue weighted by molar-refractivity contribution is 5.76. The maximum atomic E-state index is 11.7. The number of aliphatic hydroxyl groups is 2. The minimum absolute atomic E-state index is 0.153. The van der Waals surface area contributed by atoms with Crippen molar-refractivity contribution in [1.82, 2.24) is 5.32 Å². The van der Waals surface area contributed by atoms with Crippen LogP contribution in [0.4, 0.5) is 0 Å². The highest BCUT2D eigenvalue weighted by Crippen LogP contribution is 2.48. The molecule has 0 aliphatic heterocycles. The van der Waals surface area contributed by atoms with E-state index in [2.05, 4.69) is 30.5 Å². The van der Waals surface area contributed by atoms with Gasteiger partial charge in [0.1, 0.15) is 0 Å². The van der Waals surface area contributed by atoms with Crippen LogP contribution in [0.5, 0.6) is 0 Å². The zero-order chi connectivity index (χ0) is 21.4. The van der Waals surface area contributed by atoms with Gasteiger partial charge in [-0.25, -0.2) is 0 Å². The minimum Gasteiger partial charge on any atom is -0.392 e. The largest absolute Gasteiger partial charge is 0.392 e. The van der Waals surface area contributed by atoms with E-state index in [0.29, 0.717) is 24.7 Å². The molecule has 2 rings (SSSR count). The van der Waals surface area contributed by atoms with Crippen LogP contribution in [0.15, 0.2) is 23.8 Å². The van der Waals surface area contributed by atoms with Gasteiger partial charge in [-0.05, 0) is 77.6 Å². The Morgan fingerprint density at radius 2 is 2.10 bits per heavy atom. The molecule has 0 aromatic rings. The van der Waals surface area contributed by atoms with E-state index in [4.69, 9.17) is 0 Å². The Kier molecular flexibility index (Phi) is 9.42. The van der Waals surface area contributed by atoms with E-state index in [9.17, 15) is 15.0 Å². The molecule has 5 atom stereocenters. The summed E-state index contributed by atoms with van der Waals surface area (Å²) >= 11 is 0. The molecule has 1 saturated carbocycles. The second-order valence-electron chi connectivity index (χ2n) is 9.90. The van der Waals surface area contributed by atoms with Crippen molar-refractivity contribution in [2.45, 2.75) is 110 Å². The lowest BCUT2D eigenvalue weighted by Crippen LogP contribution is -2.29. The van der Waals surface area contributed by atoms with E-state index in [1.165, 1.54) is 5.57 Å². The smallest absolute Gasteiger partial charge is 0.220 e. The van der Waals surface area contributed by atoms with Crippen molar-refractivity contribution in [3.63, 3.8) is 0 Å². The van der Waals surface area contributed by atoms with Gasteiger partial charge in [0.25, 0.3) is 0 Å². The molecule has 0 spiro atoms. The molecule has 0 bridgehead atoms. The van der Waals surface area contributed by atoms with Crippen molar-refractivity contribution in [3.05, 3.63) is 23.8 Å². The lowest BCUT2D eigenvalue weighted by molar-refractivity contribution is -0.121. The second kappa shape index (κ2) is 11.3. The van der Waals surface area contributed by atoms with Gasteiger partial charge in [-0.1, -0.05) is 43.6 Å². The van der Waals surface area contributed by atoms with Gasteiger partial charge in [0.05, 0.1) is 11.7 Å². The van der Waals surface area contributed by atoms with Gasteiger partial charge in [-0.15, -0.1) is 0 Å². The molecule has 4 heteroatoms. The standard InChI is InChI=1S/C25H43NO3/c1-5-6-13-25(4,29)14-9-11-21-22-16-19(15-20(22)17-23(21)27)10-7-8-12-24(28)26-18(2)3/h9,11,15,18,20-23,27,29H,5-8,10,12-14,16-17H2,1-4H3,(H,26,28)/b11-9+/t20-,21+,22-,23+,25-/m0/s1. The normalized spacial score (nSPS) is 28.6. The first-order valence-corrected chi connectivity index (χ1v) is 11.8. The van der Waals surface area contributed by atoms with Crippen molar-refractivity contribution in [2.75, 3.05) is 0 Å². The Morgan fingerprint density at radius 1 is 1.34 bits per heavy atom. The van der Waals surface area contributed by atoms with Crippen LogP contribution >= 0.6 is 0 Å². The predicted molar refractivity (Wildman–Crippen MR) is 119 cm³/mol. The lowest BCUT2D eigenvalue weighted by Gasteiger charge is -2.22. The number of carbonyl (C=O) groups is 1. The third-order valence-corrected chi connectivity index (χ3v) is 6.54. The third-order valence-electron chi connectivity index (χ3n) is 6.54. The summed E-state index contributed by atoms with van der Waals surface area (Å²) in [5.74, 6) is 1.34. The number of allylic oxidation sites excluding steroid dienone is 2. The number of unbranched alkanes of at least 4 members (excludes halogenated alkanes) is 2. The van der Waals surface area contributed by atoms with Crippen molar-refractivity contribution >= 4 is 5.91 Å². The number of aliphatic hydroxyl groups excluding tert-OH is 1. The summed E-state index contributed by atoms with van der Waals surface area (Å²) < 4.78 is 0. The molecule has 4 nitrogen and oxygen atoms in total. The van der Waals surface area contributed by atoms with Crippen LogP contribution in [0.25, 0.3) is 0 Å². The van der Waals surface area contributed by atoms with Gasteiger partial charge < -0.3 is 15.5 Å². The number of carbonyl (C=O) groups excluding carboxylic acids is 1. The number of nitrogens with one attached hydrogen (secondary N) is 1. The van der Waals surface area contributed by atoms with Crippen molar-refractivity contribution in [2.24, 2.45) is 17.8 Å². The van der Waals surface area contributed by atoms with Gasteiger partial charge >= 0.3 is 0 Å². The summed E-state index contributed by atoms with van der Waals surface area (Å²) in [6, 6.07) is 0.214. The molecular formula is C25H43NO3. The van der Waals surface area contributed by atoms with E-state index in [0.717, 1.165) is 51.4 Å². The van der Waals surface area contributed by atoms with E-state index in [-0.39, 0.29) is 24.0 Å². The van der Waals surface area contributed by atoms with Crippen LogP contribution in [-0.4, -0.2) is 33.9 Å². The summed E-state index contributed by atoms with van der Waals surface area (Å²) in [6.07, 6.45) is 15.6. The molecular weight excluding hydrogens is 362 g/mol. The van der Waals surface area contributed by atoms with Crippen LogP contribution < -0.4 is 5.32 Å². The number of amides is 1. The van der Waals surface area contributed by atoms with Crippen molar-refractivity contribution < 1.29 is 15.0 Å². The maximum Gasteiger partial charge on any atom is 0.220 e. The minimum atomic E-state index is -0.642. The van der Waals surface area contributed by atoms with E-state index >= 15 is 0 Å². The molecule has 29 heavy (non-hydrogen) atoms. The SMILES string of the molecule is CCCC[C@](C)(O)C/C=C/[C@@H]1[C@H]2CC(CCCCC(=O)NC(C)C)=C[C@H]2C[C@H]1O. The Balaban J connectivity index is 1.76. The van der Waals surface area contributed by atoms with Crippen LogP contribution in [0.2, 0.25) is 0 Å². The summed E-state index contributed by atoms with van der Waals surface area (Å²) in [4.78, 5) is 11.7. The molecule has 3 N–H and O–H groups in total. The van der Waals surface area contributed by atoms with Gasteiger partial charge in [-0.3, -0.25) is 4.79 Å². The van der Waals surface area contributed by atoms with Gasteiger partial charge in [0.2, 0.25) is 5.91 Å². The number of rotatable bonds is 12. The molecule has 0 saturated heterocycles. The van der Waals surface area contributed by atoms with Crippen LogP contribution in [0, 0.1) is 17.8 Å². The van der Waals surface area contributed by atoms with Crippen molar-refractivity contribution in [1.29, 1.82) is 0 Å². The number of hydrogen-bond acceptors (Lipinski definition) is 3. The summed E-state index contributed by atoms with van der Waals surface area (Å²) in [5, 5.41) is 23.9. The first-order chi connectivity index (χ1) is 13.7. The van der Waals surface area contributed by atoms with E-state index in [1.54, 1.807) is 0 Å². The van der Waals surface area contributed by atoms with E-state index < -0.39 is 5.60 Å². The Morgan fingerprint density at radius 3 is 2.79 bits per heavy atom. The summed E-state index contributed by atoms with van der Waals surface area (Å²) in [6.45, 7) is 8.04. The Bertz CT molecular complexity index is 579. The van der Waals surface area contributed by atoms with Crippen LogP contribution in [0.1, 0.15) is 91.9 Å². The van der Waals surface area contributed by atoms with E-state index in [1.807, 2.05) is 20.8 Å². The molecule has 0 aromatic heterocycles. The van der Waals surface area contributed by atoms with Gasteiger partial charge in [-0.2, -0.15) is 0 Å². The zero-order valence-corrected chi connectivity index (χ0v) is 19.0. The number of fused-ring (bicyclic) bond motifs is 1. The first-order valence-electron chi connectivity index (χ1n) is 11.8. The zero-order valence-electron chi connectivity index (χ0n) is 19.0. The molecule has 2 aliphatic carbocycles. The molecule has 0 radical (unpaired) electrons. The Hall–Kier alpha value is -1.13. The number of hydrogen-bond donors (Lipinski definition) is 3. The average Bonchev–Trinajstić information content (AvgIpc) is 3.14. The molecule has 2 aliphatic rings. The lowest BCUT2D eigenvalue weighted by atomic mass is 9.87. The molecule has 0 heterocycles. The summed E-state index contributed by atoms with van der Waals surface area (Å²) in [7, 11) is 0.